The summed E-state index contributed by atoms with van der Waals surface area (Å²) in [7, 11) is 1.60. The Labute approximate surface area is 148 Å². The highest BCUT2D eigenvalue weighted by atomic mass is 16.6. The normalized spacial score (nSPS) is 15.4. The van der Waals surface area contributed by atoms with Gasteiger partial charge in [0.25, 0.3) is 5.91 Å². The molecule has 0 saturated carbocycles. The topological polar surface area (TPSA) is 74.2 Å². The van der Waals surface area contributed by atoms with Gasteiger partial charge < -0.3 is 19.9 Å². The van der Waals surface area contributed by atoms with Gasteiger partial charge in [0.1, 0.15) is 5.60 Å². The minimum absolute atomic E-state index is 0.188. The summed E-state index contributed by atoms with van der Waals surface area (Å²) in [6.07, 6.45) is 1.10. The molecule has 1 heterocycles. The van der Waals surface area contributed by atoms with Crippen molar-refractivity contribution < 1.29 is 14.3 Å². The fourth-order valence-electron chi connectivity index (χ4n) is 2.50. The molecule has 1 aromatic carbocycles. The second-order valence-corrected chi connectivity index (χ2v) is 6.86. The van der Waals surface area contributed by atoms with Gasteiger partial charge in [-0.2, -0.15) is 0 Å². The zero-order chi connectivity index (χ0) is 18.4. The van der Waals surface area contributed by atoms with Crippen LogP contribution in [0.2, 0.25) is 0 Å². The van der Waals surface area contributed by atoms with Crippen LogP contribution < -0.4 is 10.2 Å². The predicted molar refractivity (Wildman–Crippen MR) is 98.3 cm³/mol. The van der Waals surface area contributed by atoms with E-state index >= 15 is 0 Å². The lowest BCUT2D eigenvalue weighted by Crippen LogP contribution is -2.50. The molecule has 7 nitrogen and oxygen atoms in total. The Balaban J connectivity index is 1.90. The van der Waals surface area contributed by atoms with E-state index in [1.807, 2.05) is 32.9 Å². The van der Waals surface area contributed by atoms with Gasteiger partial charge in [-0.25, -0.2) is 4.79 Å². The number of amides is 2. The van der Waals surface area contributed by atoms with Crippen LogP contribution in [0.5, 0.6) is 0 Å². The molecule has 136 valence electrons. The first kappa shape index (κ1) is 18.8. The summed E-state index contributed by atoms with van der Waals surface area (Å²) in [4.78, 5) is 31.6. The average Bonchev–Trinajstić information content (AvgIpc) is 2.58. The lowest BCUT2D eigenvalue weighted by atomic mass is 10.1. The molecule has 25 heavy (non-hydrogen) atoms. The minimum atomic E-state index is -0.479. The number of ether oxygens (including phenoxy) is 1. The van der Waals surface area contributed by atoms with E-state index < -0.39 is 5.60 Å². The molecule has 0 atom stereocenters. The second-order valence-electron chi connectivity index (χ2n) is 6.86. The fraction of sp³-hybridized carbons (Fsp3) is 0.500. The van der Waals surface area contributed by atoms with Crippen LogP contribution in [0.1, 0.15) is 31.1 Å². The van der Waals surface area contributed by atoms with E-state index in [1.165, 1.54) is 6.34 Å². The Morgan fingerprint density at radius 1 is 1.12 bits per heavy atom. The maximum absolute atomic E-state index is 12.1. The predicted octanol–water partition coefficient (Wildman–Crippen LogP) is 2.13. The summed E-state index contributed by atoms with van der Waals surface area (Å²) in [6.45, 7) is 8.29. The van der Waals surface area contributed by atoms with Gasteiger partial charge in [0.05, 0.1) is 6.34 Å². The second kappa shape index (κ2) is 8.00. The quantitative estimate of drug-likeness (QED) is 0.672. The van der Waals surface area contributed by atoms with Gasteiger partial charge in [-0.05, 0) is 45.0 Å². The van der Waals surface area contributed by atoms with E-state index in [4.69, 9.17) is 4.74 Å². The van der Waals surface area contributed by atoms with Crippen LogP contribution in [0.15, 0.2) is 29.3 Å². The van der Waals surface area contributed by atoms with Crippen LogP contribution in [0.3, 0.4) is 0 Å². The van der Waals surface area contributed by atoms with E-state index in [0.29, 0.717) is 18.7 Å². The van der Waals surface area contributed by atoms with E-state index in [2.05, 4.69) is 15.2 Å². The molecule has 2 rings (SSSR count). The molecule has 0 aromatic heterocycles. The van der Waals surface area contributed by atoms with Crippen molar-refractivity contribution in [2.75, 3.05) is 38.1 Å². The number of aliphatic imine (C=N–C) groups is 1. The molecular weight excluding hydrogens is 320 g/mol. The van der Waals surface area contributed by atoms with Gasteiger partial charge in [0.2, 0.25) is 0 Å². The average molecular weight is 346 g/mol. The van der Waals surface area contributed by atoms with Crippen molar-refractivity contribution in [1.29, 1.82) is 0 Å². The molecule has 0 radical (unpaired) electrons. The van der Waals surface area contributed by atoms with Crippen molar-refractivity contribution in [2.24, 2.45) is 4.99 Å². The van der Waals surface area contributed by atoms with Gasteiger partial charge in [-0.1, -0.05) is 0 Å². The van der Waals surface area contributed by atoms with Gasteiger partial charge in [-0.3, -0.25) is 9.79 Å². The van der Waals surface area contributed by atoms with Crippen molar-refractivity contribution in [1.82, 2.24) is 10.2 Å². The maximum atomic E-state index is 12.1. The van der Waals surface area contributed by atoms with E-state index in [1.54, 1.807) is 24.1 Å². The summed E-state index contributed by atoms with van der Waals surface area (Å²) in [5.74, 6) is -0.188. The van der Waals surface area contributed by atoms with Crippen molar-refractivity contribution in [3.8, 4) is 0 Å². The highest BCUT2D eigenvalue weighted by Crippen LogP contribution is 2.18. The molecule has 0 unspecified atom stereocenters. The SMILES string of the molecule is CN=CNC(=O)c1ccc(N2CCN(C(=O)OC(C)(C)C)CC2)cc1. The Bertz CT molecular complexity index is 627. The Hall–Kier alpha value is -2.57. The first-order valence-electron chi connectivity index (χ1n) is 8.34. The lowest BCUT2D eigenvalue weighted by Gasteiger charge is -2.36. The molecule has 0 spiro atoms. The zero-order valence-corrected chi connectivity index (χ0v) is 15.3. The van der Waals surface area contributed by atoms with Crippen LogP contribution in [0.25, 0.3) is 0 Å². The van der Waals surface area contributed by atoms with E-state index in [9.17, 15) is 9.59 Å². The third kappa shape index (κ3) is 5.48. The molecule has 1 aliphatic heterocycles. The molecule has 1 aromatic rings. The highest BCUT2D eigenvalue weighted by Gasteiger charge is 2.25. The number of nitrogens with one attached hydrogen (secondary N) is 1. The molecule has 0 aliphatic carbocycles. The number of rotatable bonds is 3. The van der Waals surface area contributed by atoms with Crippen molar-refractivity contribution >= 4 is 24.0 Å². The zero-order valence-electron chi connectivity index (χ0n) is 15.3. The van der Waals surface area contributed by atoms with Crippen LogP contribution in [0.4, 0.5) is 10.5 Å². The van der Waals surface area contributed by atoms with Crippen molar-refractivity contribution in [3.05, 3.63) is 29.8 Å². The van der Waals surface area contributed by atoms with Crippen LogP contribution in [-0.2, 0) is 4.74 Å². The van der Waals surface area contributed by atoms with Gasteiger partial charge in [0.15, 0.2) is 0 Å². The van der Waals surface area contributed by atoms with Gasteiger partial charge >= 0.3 is 6.09 Å². The Morgan fingerprint density at radius 2 is 1.72 bits per heavy atom. The number of piperazine rings is 1. The summed E-state index contributed by atoms with van der Waals surface area (Å²) < 4.78 is 5.41. The smallest absolute Gasteiger partial charge is 0.410 e. The van der Waals surface area contributed by atoms with E-state index in [-0.39, 0.29) is 12.0 Å². The maximum Gasteiger partial charge on any atom is 0.410 e. The number of anilines is 1. The Morgan fingerprint density at radius 3 is 2.24 bits per heavy atom. The lowest BCUT2D eigenvalue weighted by molar-refractivity contribution is 0.0240. The third-order valence-electron chi connectivity index (χ3n) is 3.75. The molecular formula is C18H26N4O3. The molecule has 1 saturated heterocycles. The molecule has 1 aliphatic rings. The molecule has 2 amide bonds. The highest BCUT2D eigenvalue weighted by molar-refractivity contribution is 6.00. The number of carbonyl (C=O) groups excluding carboxylic acids is 2. The van der Waals surface area contributed by atoms with Crippen LogP contribution in [0, 0.1) is 0 Å². The summed E-state index contributed by atoms with van der Waals surface area (Å²) in [5.41, 5.74) is 1.13. The van der Waals surface area contributed by atoms with Crippen LogP contribution in [-0.4, -0.2) is 62.1 Å². The molecule has 1 fully saturated rings. The fourth-order valence-corrected chi connectivity index (χ4v) is 2.50. The number of carbonyl (C=O) groups is 2. The van der Waals surface area contributed by atoms with Crippen molar-refractivity contribution in [2.45, 2.75) is 26.4 Å². The van der Waals surface area contributed by atoms with Gasteiger partial charge in [-0.15, -0.1) is 0 Å². The van der Waals surface area contributed by atoms with Crippen LogP contribution >= 0.6 is 0 Å². The summed E-state index contributed by atoms with van der Waals surface area (Å²) in [5, 5.41) is 2.58. The largest absolute Gasteiger partial charge is 0.444 e. The number of hydrogen-bond acceptors (Lipinski definition) is 5. The monoisotopic (exact) mass is 346 g/mol. The third-order valence-corrected chi connectivity index (χ3v) is 3.75. The summed E-state index contributed by atoms with van der Waals surface area (Å²) >= 11 is 0. The first-order valence-corrected chi connectivity index (χ1v) is 8.34. The number of benzene rings is 1. The molecule has 0 bridgehead atoms. The van der Waals surface area contributed by atoms with Gasteiger partial charge in [0, 0.05) is 44.5 Å². The number of hydrogen-bond donors (Lipinski definition) is 1. The minimum Gasteiger partial charge on any atom is -0.444 e. The molecule has 7 heteroatoms. The first-order chi connectivity index (χ1) is 11.8. The standard InChI is InChI=1S/C18H26N4O3/c1-18(2,3)25-17(24)22-11-9-21(10-12-22)15-7-5-14(6-8-15)16(23)20-13-19-4/h5-8,13H,9-12H2,1-4H3,(H,19,20,23). The number of nitrogens with zero attached hydrogens (tertiary/aromatic N) is 3. The Kier molecular flexibility index (Phi) is 6.01. The molecule has 1 N–H and O–H groups in total. The van der Waals surface area contributed by atoms with Crippen molar-refractivity contribution in [3.63, 3.8) is 0 Å². The van der Waals surface area contributed by atoms with E-state index in [0.717, 1.165) is 18.8 Å². The summed E-state index contributed by atoms with van der Waals surface area (Å²) in [6, 6.07) is 7.41.